The van der Waals surface area contributed by atoms with E-state index in [0.717, 1.165) is 32.1 Å². The van der Waals surface area contributed by atoms with Crippen LogP contribution in [-0.4, -0.2) is 17.0 Å². The van der Waals surface area contributed by atoms with E-state index >= 15 is 0 Å². The van der Waals surface area contributed by atoms with E-state index in [2.05, 4.69) is 24.0 Å². The summed E-state index contributed by atoms with van der Waals surface area (Å²) in [6.45, 7) is 7.23. The molecule has 2 unspecified atom stereocenters. The highest BCUT2D eigenvalue weighted by atomic mass is 16.4. The molecule has 1 aliphatic rings. The third-order valence-electron chi connectivity index (χ3n) is 4.21. The van der Waals surface area contributed by atoms with Gasteiger partial charge in [-0.3, -0.25) is 20.4 Å². The van der Waals surface area contributed by atoms with Crippen LogP contribution in [0.4, 0.5) is 0 Å². The lowest BCUT2D eigenvalue weighted by Gasteiger charge is -2.23. The van der Waals surface area contributed by atoms with Crippen LogP contribution in [0.3, 0.4) is 0 Å². The maximum atomic E-state index is 12.5. The number of rotatable bonds is 7. The number of carboxylic acids is 1. The smallest absolute Gasteiger partial charge is 0.307 e. The highest BCUT2D eigenvalue weighted by Crippen LogP contribution is 2.27. The van der Waals surface area contributed by atoms with E-state index in [4.69, 9.17) is 0 Å². The third kappa shape index (κ3) is 6.86. The van der Waals surface area contributed by atoms with Gasteiger partial charge < -0.3 is 5.11 Å². The van der Waals surface area contributed by atoms with Gasteiger partial charge in [0.25, 0.3) is 0 Å². The molecule has 0 aliphatic heterocycles. The van der Waals surface area contributed by atoms with Crippen LogP contribution in [0.1, 0.15) is 44.9 Å². The number of carbonyl (C=O) groups is 2. The van der Waals surface area contributed by atoms with Crippen molar-refractivity contribution >= 4 is 11.9 Å². The van der Waals surface area contributed by atoms with Gasteiger partial charge in [0.05, 0.1) is 17.5 Å². The Hall–Kier alpha value is -2.30. The minimum atomic E-state index is -0.884. The molecular formula is C19H28N2O3. The van der Waals surface area contributed by atoms with E-state index in [1.54, 1.807) is 30.4 Å². The van der Waals surface area contributed by atoms with E-state index in [9.17, 15) is 14.7 Å². The fourth-order valence-electron chi connectivity index (χ4n) is 2.93. The second-order valence-corrected chi connectivity index (χ2v) is 5.96. The van der Waals surface area contributed by atoms with Crippen LogP contribution in [-0.2, 0) is 9.59 Å². The first-order chi connectivity index (χ1) is 11.6. The topological polar surface area (TPSA) is 78.4 Å². The zero-order valence-electron chi connectivity index (χ0n) is 14.2. The van der Waals surface area contributed by atoms with Crippen LogP contribution in [0, 0.1) is 11.8 Å². The maximum absolute atomic E-state index is 12.5. The van der Waals surface area contributed by atoms with Crippen molar-refractivity contribution in [3.8, 4) is 0 Å². The Balaban J connectivity index is 2.77. The molecule has 2 atom stereocenters. The lowest BCUT2D eigenvalue weighted by molar-refractivity contribution is -0.148. The Labute approximate surface area is 144 Å². The number of hydrogen-bond acceptors (Lipinski definition) is 3. The van der Waals surface area contributed by atoms with Crippen LogP contribution in [0.25, 0.3) is 0 Å². The van der Waals surface area contributed by atoms with E-state index in [0.29, 0.717) is 18.5 Å². The second kappa shape index (κ2) is 11.3. The molecule has 0 saturated heterocycles. The zero-order valence-corrected chi connectivity index (χ0v) is 14.2. The Bertz CT molecular complexity index is 509. The Morgan fingerprint density at radius 2 is 1.54 bits per heavy atom. The molecule has 1 rings (SSSR count). The lowest BCUT2D eigenvalue weighted by Crippen LogP contribution is -2.44. The summed E-state index contributed by atoms with van der Waals surface area (Å²) in [4.78, 5) is 24.1. The largest absolute Gasteiger partial charge is 0.481 e. The number of carboxylic acid groups (broad SMARTS) is 1. The van der Waals surface area contributed by atoms with Crippen molar-refractivity contribution < 1.29 is 14.7 Å². The predicted octanol–water partition coefficient (Wildman–Crippen LogP) is 3.48. The summed E-state index contributed by atoms with van der Waals surface area (Å²) < 4.78 is 0. The van der Waals surface area contributed by atoms with Gasteiger partial charge in [-0.05, 0) is 25.0 Å². The summed E-state index contributed by atoms with van der Waals surface area (Å²) in [5.41, 5.74) is 6.12. The Morgan fingerprint density at radius 3 is 2.12 bits per heavy atom. The highest BCUT2D eigenvalue weighted by molar-refractivity contribution is 5.84. The zero-order chi connectivity index (χ0) is 17.8. The van der Waals surface area contributed by atoms with Gasteiger partial charge in [-0.1, -0.05) is 63.5 Å². The predicted molar refractivity (Wildman–Crippen MR) is 95.8 cm³/mol. The third-order valence-corrected chi connectivity index (χ3v) is 4.21. The average molecular weight is 332 g/mol. The van der Waals surface area contributed by atoms with E-state index in [1.165, 1.54) is 0 Å². The molecule has 24 heavy (non-hydrogen) atoms. The molecule has 1 amide bonds. The number of amides is 1. The minimum absolute atomic E-state index is 0.272. The van der Waals surface area contributed by atoms with Crippen molar-refractivity contribution in [2.45, 2.75) is 44.9 Å². The van der Waals surface area contributed by atoms with Crippen molar-refractivity contribution in [3.05, 3.63) is 49.2 Å². The monoisotopic (exact) mass is 332 g/mol. The number of hydrazine groups is 1. The molecule has 132 valence electrons. The van der Waals surface area contributed by atoms with E-state index in [-0.39, 0.29) is 5.91 Å². The van der Waals surface area contributed by atoms with Crippen molar-refractivity contribution in [1.82, 2.24) is 10.9 Å². The molecule has 5 nitrogen and oxygen atoms in total. The minimum Gasteiger partial charge on any atom is -0.481 e. The highest BCUT2D eigenvalue weighted by Gasteiger charge is 2.33. The van der Waals surface area contributed by atoms with Gasteiger partial charge >= 0.3 is 5.97 Å². The quantitative estimate of drug-likeness (QED) is 0.493. The van der Waals surface area contributed by atoms with Gasteiger partial charge in [-0.25, -0.2) is 0 Å². The number of allylic oxidation sites excluding steroid dienone is 5. The fraction of sp³-hybridized carbons (Fsp3) is 0.474. The molecule has 0 aromatic carbocycles. The molecule has 0 aromatic rings. The summed E-state index contributed by atoms with van der Waals surface area (Å²) >= 11 is 0. The maximum Gasteiger partial charge on any atom is 0.307 e. The summed E-state index contributed by atoms with van der Waals surface area (Å²) in [5, 5.41) is 9.50. The second-order valence-electron chi connectivity index (χ2n) is 5.96. The number of nitrogens with one attached hydrogen (secondary N) is 2. The van der Waals surface area contributed by atoms with Crippen molar-refractivity contribution in [1.29, 1.82) is 0 Å². The molecule has 5 heteroatoms. The molecule has 0 bridgehead atoms. The molecule has 0 aromatic heterocycles. The first-order valence-corrected chi connectivity index (χ1v) is 8.50. The van der Waals surface area contributed by atoms with Gasteiger partial charge in [0.2, 0.25) is 5.91 Å². The summed E-state index contributed by atoms with van der Waals surface area (Å²) in [6, 6.07) is 0. The Morgan fingerprint density at radius 1 is 0.917 bits per heavy atom. The van der Waals surface area contributed by atoms with Crippen LogP contribution in [0.2, 0.25) is 0 Å². The average Bonchev–Trinajstić information content (AvgIpc) is 2.68. The standard InChI is InChI=1S/C19H28N2O3/c1-3-5-12-15(11-4-2)20-21-18(22)16-13-9-7-6-8-10-14-17(16)19(23)24/h3-5,11-12,16-17,20H,1-2,6-10,13-14H2,(H,21,22)(H,23,24)/b12-5-,15-11+. The van der Waals surface area contributed by atoms with Crippen LogP contribution in [0.15, 0.2) is 49.2 Å². The van der Waals surface area contributed by atoms with E-state index < -0.39 is 17.8 Å². The molecule has 1 saturated carbocycles. The van der Waals surface area contributed by atoms with Crippen LogP contribution in [0.5, 0.6) is 0 Å². The molecular weight excluding hydrogens is 304 g/mol. The summed E-state index contributed by atoms with van der Waals surface area (Å²) in [5.74, 6) is -2.29. The molecule has 0 heterocycles. The van der Waals surface area contributed by atoms with Crippen molar-refractivity contribution in [3.63, 3.8) is 0 Å². The molecule has 0 radical (unpaired) electrons. The molecule has 0 spiro atoms. The van der Waals surface area contributed by atoms with E-state index in [1.807, 2.05) is 0 Å². The van der Waals surface area contributed by atoms with Gasteiger partial charge in [-0.15, -0.1) is 0 Å². The number of carbonyl (C=O) groups excluding carboxylic acids is 1. The van der Waals surface area contributed by atoms with Crippen molar-refractivity contribution in [2.24, 2.45) is 11.8 Å². The van der Waals surface area contributed by atoms with Gasteiger partial charge in [0.1, 0.15) is 0 Å². The Kier molecular flexibility index (Phi) is 9.27. The first kappa shape index (κ1) is 19.7. The summed E-state index contributed by atoms with van der Waals surface area (Å²) in [6.07, 6.45) is 14.5. The lowest BCUT2D eigenvalue weighted by atomic mass is 9.85. The van der Waals surface area contributed by atoms with Gasteiger partial charge in [-0.2, -0.15) is 0 Å². The number of aliphatic carboxylic acids is 1. The fourth-order valence-corrected chi connectivity index (χ4v) is 2.93. The summed E-state index contributed by atoms with van der Waals surface area (Å²) in [7, 11) is 0. The van der Waals surface area contributed by atoms with Crippen molar-refractivity contribution in [2.75, 3.05) is 0 Å². The SMILES string of the molecule is C=C/C=C\C(=C/C=C)NNC(=O)C1CCCCCCCC1C(=O)O. The molecule has 1 aliphatic carbocycles. The first-order valence-electron chi connectivity index (χ1n) is 8.50. The van der Waals surface area contributed by atoms with Crippen LogP contribution >= 0.6 is 0 Å². The molecule has 1 fully saturated rings. The molecule has 3 N–H and O–H groups in total. The normalized spacial score (nSPS) is 22.8. The van der Waals surface area contributed by atoms with Gasteiger partial charge in [0.15, 0.2) is 0 Å². The van der Waals surface area contributed by atoms with Gasteiger partial charge in [0, 0.05) is 0 Å². The number of hydrogen-bond donors (Lipinski definition) is 3. The van der Waals surface area contributed by atoms with Crippen LogP contribution < -0.4 is 10.9 Å².